The average Bonchev–Trinajstić information content (AvgIpc) is 2.41. The molecule has 0 saturated heterocycles. The minimum absolute atomic E-state index is 0.484. The Morgan fingerprint density at radius 3 is 2.33 bits per heavy atom. The third kappa shape index (κ3) is 4.66. The number of hydrogen-bond donors (Lipinski definition) is 0. The lowest BCUT2D eigenvalue weighted by molar-refractivity contribution is 0.288. The zero-order chi connectivity index (χ0) is 13.4. The van der Waals surface area contributed by atoms with E-state index < -0.39 is 0 Å². The summed E-state index contributed by atoms with van der Waals surface area (Å²) < 4.78 is 2.53. The van der Waals surface area contributed by atoms with Crippen LogP contribution < -0.4 is 0 Å². The fourth-order valence-electron chi connectivity index (χ4n) is 2.42. The molecule has 2 atom stereocenters. The van der Waals surface area contributed by atoms with Gasteiger partial charge < -0.3 is 0 Å². The molecule has 18 heavy (non-hydrogen) atoms. The molecule has 1 aromatic carbocycles. The van der Waals surface area contributed by atoms with Gasteiger partial charge in [-0.25, -0.2) is 4.31 Å². The van der Waals surface area contributed by atoms with Crippen molar-refractivity contribution < 1.29 is 0 Å². The summed E-state index contributed by atoms with van der Waals surface area (Å²) in [6, 6.07) is 11.9. The highest BCUT2D eigenvalue weighted by molar-refractivity contribution is 7.96. The SMILES string of the molecule is CCCCCC(C)N(SC)C(C)c1ccccc1. The molecule has 0 fully saturated rings. The second-order valence-corrected chi connectivity index (χ2v) is 5.76. The molecule has 1 rings (SSSR count). The van der Waals surface area contributed by atoms with Crippen molar-refractivity contribution >= 4 is 11.9 Å². The van der Waals surface area contributed by atoms with Crippen LogP contribution in [-0.4, -0.2) is 16.6 Å². The lowest BCUT2D eigenvalue weighted by Crippen LogP contribution is -2.29. The first-order valence-corrected chi connectivity index (χ1v) is 8.26. The van der Waals surface area contributed by atoms with Crippen LogP contribution >= 0.6 is 11.9 Å². The first-order chi connectivity index (χ1) is 8.70. The highest BCUT2D eigenvalue weighted by Gasteiger charge is 2.20. The maximum atomic E-state index is 2.53. The molecule has 0 radical (unpaired) electrons. The second kappa shape index (κ2) is 8.60. The smallest absolute Gasteiger partial charge is 0.0426 e. The highest BCUT2D eigenvalue weighted by atomic mass is 32.2. The van der Waals surface area contributed by atoms with Crippen molar-refractivity contribution in [2.75, 3.05) is 6.26 Å². The van der Waals surface area contributed by atoms with Gasteiger partial charge in [0, 0.05) is 12.1 Å². The maximum Gasteiger partial charge on any atom is 0.0426 e. The average molecular weight is 265 g/mol. The summed E-state index contributed by atoms with van der Waals surface area (Å²) in [7, 11) is 0. The third-order valence-corrected chi connectivity index (χ3v) is 4.63. The standard InChI is InChI=1S/C16H27NS/c1-5-6-8-11-14(2)17(18-4)15(3)16-12-9-7-10-13-16/h7,9-10,12-15H,5-6,8,11H2,1-4H3. The molecule has 1 aromatic rings. The van der Waals surface area contributed by atoms with Gasteiger partial charge in [-0.05, 0) is 32.1 Å². The van der Waals surface area contributed by atoms with Crippen molar-refractivity contribution in [1.82, 2.24) is 4.31 Å². The number of unbranched alkanes of at least 4 members (excludes halogenated alkanes) is 2. The van der Waals surface area contributed by atoms with E-state index >= 15 is 0 Å². The predicted octanol–water partition coefficient (Wildman–Crippen LogP) is 5.30. The van der Waals surface area contributed by atoms with Crippen LogP contribution in [0.15, 0.2) is 30.3 Å². The molecule has 0 N–H and O–H groups in total. The quantitative estimate of drug-likeness (QED) is 0.464. The van der Waals surface area contributed by atoms with E-state index in [1.165, 1.54) is 31.2 Å². The molecular formula is C16H27NS. The zero-order valence-corrected chi connectivity index (χ0v) is 13.0. The molecule has 0 aliphatic rings. The van der Waals surface area contributed by atoms with Gasteiger partial charge in [0.15, 0.2) is 0 Å². The Morgan fingerprint density at radius 2 is 1.78 bits per heavy atom. The molecule has 0 bridgehead atoms. The van der Waals surface area contributed by atoms with E-state index in [2.05, 4.69) is 61.7 Å². The van der Waals surface area contributed by atoms with E-state index in [4.69, 9.17) is 0 Å². The summed E-state index contributed by atoms with van der Waals surface area (Å²) in [5.41, 5.74) is 1.41. The lowest BCUT2D eigenvalue weighted by Gasteiger charge is -2.32. The Kier molecular flexibility index (Phi) is 7.45. The number of hydrogen-bond acceptors (Lipinski definition) is 2. The Morgan fingerprint density at radius 1 is 1.11 bits per heavy atom. The van der Waals surface area contributed by atoms with Crippen LogP contribution in [0.4, 0.5) is 0 Å². The van der Waals surface area contributed by atoms with Crippen molar-refractivity contribution in [3.63, 3.8) is 0 Å². The van der Waals surface area contributed by atoms with Crippen LogP contribution in [0.3, 0.4) is 0 Å². The lowest BCUT2D eigenvalue weighted by atomic mass is 10.1. The van der Waals surface area contributed by atoms with Gasteiger partial charge in [0.1, 0.15) is 0 Å². The molecule has 2 unspecified atom stereocenters. The summed E-state index contributed by atoms with van der Waals surface area (Å²) >= 11 is 1.87. The van der Waals surface area contributed by atoms with Crippen molar-refractivity contribution in [2.24, 2.45) is 0 Å². The van der Waals surface area contributed by atoms with Gasteiger partial charge in [-0.2, -0.15) is 0 Å². The maximum absolute atomic E-state index is 2.53. The van der Waals surface area contributed by atoms with E-state index in [1.54, 1.807) is 0 Å². The molecule has 0 saturated carbocycles. The number of nitrogens with zero attached hydrogens (tertiary/aromatic N) is 1. The fourth-order valence-corrected chi connectivity index (χ4v) is 3.32. The fraction of sp³-hybridized carbons (Fsp3) is 0.625. The molecule has 102 valence electrons. The minimum atomic E-state index is 0.484. The van der Waals surface area contributed by atoms with Gasteiger partial charge in [0.2, 0.25) is 0 Å². The van der Waals surface area contributed by atoms with Crippen LogP contribution in [0.5, 0.6) is 0 Å². The van der Waals surface area contributed by atoms with E-state index in [-0.39, 0.29) is 0 Å². The summed E-state index contributed by atoms with van der Waals surface area (Å²) in [5.74, 6) is 0. The van der Waals surface area contributed by atoms with Crippen molar-refractivity contribution in [2.45, 2.75) is 58.5 Å². The van der Waals surface area contributed by atoms with E-state index in [0.29, 0.717) is 12.1 Å². The Hall–Kier alpha value is -0.470. The largest absolute Gasteiger partial charge is 0.241 e. The zero-order valence-electron chi connectivity index (χ0n) is 12.2. The van der Waals surface area contributed by atoms with E-state index in [1.807, 2.05) is 11.9 Å². The first kappa shape index (κ1) is 15.6. The third-order valence-electron chi connectivity index (χ3n) is 3.53. The summed E-state index contributed by atoms with van der Waals surface area (Å²) in [4.78, 5) is 0. The molecule has 1 nitrogen and oxygen atoms in total. The van der Waals surface area contributed by atoms with Gasteiger partial charge in [-0.1, -0.05) is 68.5 Å². The highest BCUT2D eigenvalue weighted by Crippen LogP contribution is 2.29. The van der Waals surface area contributed by atoms with Gasteiger partial charge in [0.25, 0.3) is 0 Å². The molecule has 0 aliphatic carbocycles. The van der Waals surface area contributed by atoms with Gasteiger partial charge in [-0.3, -0.25) is 0 Å². The Labute approximate surface area is 117 Å². The van der Waals surface area contributed by atoms with E-state index in [9.17, 15) is 0 Å². The van der Waals surface area contributed by atoms with Crippen LogP contribution in [0.1, 0.15) is 58.1 Å². The number of rotatable bonds is 8. The first-order valence-electron chi connectivity index (χ1n) is 7.08. The minimum Gasteiger partial charge on any atom is -0.241 e. The molecule has 0 aliphatic heterocycles. The Balaban J connectivity index is 2.59. The van der Waals surface area contributed by atoms with Gasteiger partial charge >= 0.3 is 0 Å². The molecule has 0 aromatic heterocycles. The topological polar surface area (TPSA) is 3.24 Å². The molecule has 0 heterocycles. The van der Waals surface area contributed by atoms with Crippen LogP contribution in [0.2, 0.25) is 0 Å². The summed E-state index contributed by atoms with van der Waals surface area (Å²) in [5, 5.41) is 0. The number of benzene rings is 1. The normalized spacial score (nSPS) is 14.7. The Bertz CT molecular complexity index is 312. The molecular weight excluding hydrogens is 238 g/mol. The summed E-state index contributed by atoms with van der Waals surface area (Å²) in [6.07, 6.45) is 7.49. The van der Waals surface area contributed by atoms with Crippen LogP contribution in [0, 0.1) is 0 Å². The van der Waals surface area contributed by atoms with Crippen molar-refractivity contribution in [3.05, 3.63) is 35.9 Å². The predicted molar refractivity (Wildman–Crippen MR) is 83.8 cm³/mol. The molecule has 0 spiro atoms. The molecule has 2 heteroatoms. The molecule has 0 amide bonds. The van der Waals surface area contributed by atoms with Crippen LogP contribution in [-0.2, 0) is 0 Å². The van der Waals surface area contributed by atoms with Gasteiger partial charge in [-0.15, -0.1) is 0 Å². The van der Waals surface area contributed by atoms with Crippen molar-refractivity contribution in [1.29, 1.82) is 0 Å². The van der Waals surface area contributed by atoms with Gasteiger partial charge in [0.05, 0.1) is 0 Å². The van der Waals surface area contributed by atoms with Crippen molar-refractivity contribution in [3.8, 4) is 0 Å². The van der Waals surface area contributed by atoms with E-state index in [0.717, 1.165) is 0 Å². The van der Waals surface area contributed by atoms with Crippen LogP contribution in [0.25, 0.3) is 0 Å². The second-order valence-electron chi connectivity index (χ2n) is 4.97. The summed E-state index contributed by atoms with van der Waals surface area (Å²) in [6.45, 7) is 6.93. The monoisotopic (exact) mass is 265 g/mol.